The second-order valence-electron chi connectivity index (χ2n) is 7.29. The third-order valence-corrected chi connectivity index (χ3v) is 4.05. The normalized spacial score (nSPS) is 24.0. The van der Waals surface area contributed by atoms with E-state index in [1.807, 2.05) is 45.6 Å². The van der Waals surface area contributed by atoms with Crippen LogP contribution in [-0.4, -0.2) is 51.7 Å². The smallest absolute Gasteiger partial charge is 0.410 e. The largest absolute Gasteiger partial charge is 0.444 e. The van der Waals surface area contributed by atoms with Crippen LogP contribution in [0, 0.1) is 13.8 Å². The Balaban J connectivity index is 1.68. The van der Waals surface area contributed by atoms with Crippen molar-refractivity contribution in [3.8, 4) is 0 Å². The van der Waals surface area contributed by atoms with Crippen LogP contribution in [-0.2, 0) is 4.74 Å². The Bertz CT molecular complexity index is 564. The summed E-state index contributed by atoms with van der Waals surface area (Å²) in [6, 6.07) is 2.39. The zero-order valence-corrected chi connectivity index (χ0v) is 14.0. The first-order valence-corrected chi connectivity index (χ1v) is 7.81. The van der Waals surface area contributed by atoms with Gasteiger partial charge in [0.1, 0.15) is 5.60 Å². The maximum Gasteiger partial charge on any atom is 0.410 e. The first-order chi connectivity index (χ1) is 10.2. The Labute approximate surface area is 131 Å². The molecule has 4 heterocycles. The highest BCUT2D eigenvalue weighted by molar-refractivity contribution is 5.71. The topological polar surface area (TPSA) is 58.6 Å². The molecular weight excluding hydrogens is 280 g/mol. The molecule has 0 aliphatic carbocycles. The van der Waals surface area contributed by atoms with Gasteiger partial charge in [-0.3, -0.25) is 4.90 Å². The second-order valence-corrected chi connectivity index (χ2v) is 7.29. The van der Waals surface area contributed by atoms with Crippen molar-refractivity contribution in [3.63, 3.8) is 0 Å². The van der Waals surface area contributed by atoms with Gasteiger partial charge in [0, 0.05) is 24.5 Å². The van der Waals surface area contributed by atoms with Gasteiger partial charge in [-0.05, 0) is 47.1 Å². The maximum absolute atomic E-state index is 12.3. The summed E-state index contributed by atoms with van der Waals surface area (Å²) in [6.07, 6.45) is 0.843. The van der Waals surface area contributed by atoms with Gasteiger partial charge in [0.15, 0.2) is 0 Å². The Hall–Kier alpha value is -1.85. The first-order valence-electron chi connectivity index (χ1n) is 7.81. The summed E-state index contributed by atoms with van der Waals surface area (Å²) in [5.41, 5.74) is 1.51. The Morgan fingerprint density at radius 2 is 1.73 bits per heavy atom. The molecule has 2 bridgehead atoms. The summed E-state index contributed by atoms with van der Waals surface area (Å²) < 4.78 is 5.49. The number of aryl methyl sites for hydroxylation is 2. The molecular formula is C16H24N4O2. The molecule has 4 rings (SSSR count). The highest BCUT2D eigenvalue weighted by Crippen LogP contribution is 2.35. The predicted molar refractivity (Wildman–Crippen MR) is 84.0 cm³/mol. The SMILES string of the molecule is Cc1cc(C)nc(N2CC3CC(C2)N3C(=O)OC(C)(C)C)n1. The minimum absolute atomic E-state index is 0.199. The fourth-order valence-corrected chi connectivity index (χ4v) is 3.23. The van der Waals surface area contributed by atoms with Crippen LogP contribution >= 0.6 is 0 Å². The molecule has 0 spiro atoms. The van der Waals surface area contributed by atoms with Crippen LogP contribution in [0.15, 0.2) is 6.07 Å². The molecule has 2 atom stereocenters. The number of carbonyl (C=O) groups is 1. The van der Waals surface area contributed by atoms with Gasteiger partial charge >= 0.3 is 6.09 Å². The monoisotopic (exact) mass is 304 g/mol. The van der Waals surface area contributed by atoms with Gasteiger partial charge < -0.3 is 9.64 Å². The summed E-state index contributed by atoms with van der Waals surface area (Å²) in [5, 5.41) is 0. The van der Waals surface area contributed by atoms with Gasteiger partial charge in [0.2, 0.25) is 5.95 Å². The van der Waals surface area contributed by atoms with E-state index in [1.165, 1.54) is 0 Å². The van der Waals surface area contributed by atoms with Crippen LogP contribution in [0.1, 0.15) is 38.6 Å². The molecule has 2 unspecified atom stereocenters. The molecule has 3 aliphatic rings. The summed E-state index contributed by atoms with van der Waals surface area (Å²) in [7, 11) is 0. The van der Waals surface area contributed by atoms with Gasteiger partial charge in [0.05, 0.1) is 12.1 Å². The van der Waals surface area contributed by atoms with Crippen LogP contribution in [0.2, 0.25) is 0 Å². The molecule has 6 heteroatoms. The van der Waals surface area contributed by atoms with Gasteiger partial charge in [-0.2, -0.15) is 0 Å². The van der Waals surface area contributed by atoms with E-state index in [2.05, 4.69) is 14.9 Å². The Morgan fingerprint density at radius 3 is 2.23 bits per heavy atom. The van der Waals surface area contributed by atoms with Crippen LogP contribution in [0.25, 0.3) is 0 Å². The van der Waals surface area contributed by atoms with Crippen molar-refractivity contribution in [1.29, 1.82) is 0 Å². The summed E-state index contributed by atoms with van der Waals surface area (Å²) in [5.74, 6) is 0.774. The van der Waals surface area contributed by atoms with Gasteiger partial charge in [-0.1, -0.05) is 0 Å². The van der Waals surface area contributed by atoms with Crippen molar-refractivity contribution in [1.82, 2.24) is 14.9 Å². The van der Waals surface area contributed by atoms with Crippen molar-refractivity contribution >= 4 is 12.0 Å². The number of amides is 1. The molecule has 3 aliphatic heterocycles. The van der Waals surface area contributed by atoms with E-state index in [4.69, 9.17) is 4.74 Å². The third-order valence-electron chi connectivity index (χ3n) is 4.05. The molecule has 0 N–H and O–H groups in total. The lowest BCUT2D eigenvalue weighted by Crippen LogP contribution is -2.70. The van der Waals surface area contributed by atoms with E-state index < -0.39 is 5.60 Å². The predicted octanol–water partition coefficient (Wildman–Crippen LogP) is 2.29. The number of nitrogens with zero attached hydrogens (tertiary/aromatic N) is 4. The standard InChI is InChI=1S/C16H24N4O2/c1-10-6-11(2)18-14(17-10)19-8-12-7-13(9-19)20(12)15(21)22-16(3,4)5/h6,12-13H,7-9H2,1-5H3. The third kappa shape index (κ3) is 2.87. The molecule has 120 valence electrons. The lowest BCUT2D eigenvalue weighted by atomic mass is 9.88. The summed E-state index contributed by atoms with van der Waals surface area (Å²) in [4.78, 5) is 25.4. The van der Waals surface area contributed by atoms with E-state index in [1.54, 1.807) is 0 Å². The highest BCUT2D eigenvalue weighted by atomic mass is 16.6. The Morgan fingerprint density at radius 1 is 1.18 bits per heavy atom. The quantitative estimate of drug-likeness (QED) is 0.796. The molecule has 22 heavy (non-hydrogen) atoms. The minimum Gasteiger partial charge on any atom is -0.444 e. The van der Waals surface area contributed by atoms with Crippen molar-refractivity contribution < 1.29 is 9.53 Å². The average molecular weight is 304 g/mol. The average Bonchev–Trinajstić information content (AvgIpc) is 2.35. The number of carbonyl (C=O) groups excluding carboxylic acids is 1. The zero-order chi connectivity index (χ0) is 16.1. The number of piperidine rings is 1. The van der Waals surface area contributed by atoms with Gasteiger partial charge in [-0.15, -0.1) is 0 Å². The van der Waals surface area contributed by atoms with E-state index in [0.29, 0.717) is 0 Å². The number of piperazine rings is 1. The molecule has 3 fully saturated rings. The van der Waals surface area contributed by atoms with E-state index in [-0.39, 0.29) is 18.2 Å². The van der Waals surface area contributed by atoms with Crippen molar-refractivity contribution in [2.45, 2.75) is 58.7 Å². The number of ether oxygens (including phenoxy) is 1. The van der Waals surface area contributed by atoms with E-state index in [9.17, 15) is 4.79 Å². The van der Waals surface area contributed by atoms with Crippen molar-refractivity contribution in [2.24, 2.45) is 0 Å². The van der Waals surface area contributed by atoms with Crippen LogP contribution in [0.4, 0.5) is 10.7 Å². The van der Waals surface area contributed by atoms with Crippen LogP contribution in [0.3, 0.4) is 0 Å². The second kappa shape index (κ2) is 5.11. The number of anilines is 1. The van der Waals surface area contributed by atoms with E-state index >= 15 is 0 Å². The first kappa shape index (κ1) is 15.1. The highest BCUT2D eigenvalue weighted by Gasteiger charge is 2.49. The summed E-state index contributed by atoms with van der Waals surface area (Å²) in [6.45, 7) is 11.2. The maximum atomic E-state index is 12.3. The lowest BCUT2D eigenvalue weighted by molar-refractivity contribution is -0.0382. The molecule has 6 nitrogen and oxygen atoms in total. The molecule has 0 radical (unpaired) electrons. The van der Waals surface area contributed by atoms with Crippen molar-refractivity contribution in [2.75, 3.05) is 18.0 Å². The number of hydrogen-bond donors (Lipinski definition) is 0. The van der Waals surface area contributed by atoms with Gasteiger partial charge in [0.25, 0.3) is 0 Å². The fourth-order valence-electron chi connectivity index (χ4n) is 3.23. The zero-order valence-electron chi connectivity index (χ0n) is 14.0. The summed E-state index contributed by atoms with van der Waals surface area (Å²) >= 11 is 0. The molecule has 0 aromatic carbocycles. The molecule has 1 aromatic rings. The number of hydrogen-bond acceptors (Lipinski definition) is 5. The Kier molecular flexibility index (Phi) is 3.50. The molecule has 3 saturated heterocycles. The number of aromatic nitrogens is 2. The number of rotatable bonds is 1. The van der Waals surface area contributed by atoms with Crippen LogP contribution < -0.4 is 4.90 Å². The molecule has 0 saturated carbocycles. The lowest BCUT2D eigenvalue weighted by Gasteiger charge is -2.55. The number of fused-ring (bicyclic) bond motifs is 2. The molecule has 1 aromatic heterocycles. The van der Waals surface area contributed by atoms with E-state index in [0.717, 1.165) is 36.8 Å². The minimum atomic E-state index is -0.447. The van der Waals surface area contributed by atoms with Crippen LogP contribution in [0.5, 0.6) is 0 Å². The van der Waals surface area contributed by atoms with Gasteiger partial charge in [-0.25, -0.2) is 14.8 Å². The molecule has 1 amide bonds. The van der Waals surface area contributed by atoms with Crippen molar-refractivity contribution in [3.05, 3.63) is 17.5 Å². The fraction of sp³-hybridized carbons (Fsp3) is 0.688.